The minimum Gasteiger partial charge on any atom is -0.338 e. The maximum atomic E-state index is 12.0. The van der Waals surface area contributed by atoms with Gasteiger partial charge < -0.3 is 10.6 Å². The maximum absolute atomic E-state index is 12.0. The Labute approximate surface area is 173 Å². The Morgan fingerprint density at radius 2 is 1.96 bits per heavy atom. The third-order valence-electron chi connectivity index (χ3n) is 4.31. The molecule has 0 saturated carbocycles. The summed E-state index contributed by atoms with van der Waals surface area (Å²) in [6.45, 7) is 5.02. The fourth-order valence-corrected chi connectivity index (χ4v) is 3.39. The molecule has 2 heterocycles. The lowest BCUT2D eigenvalue weighted by atomic mass is 10.1. The molecule has 0 atom stereocenters. The molecule has 0 radical (unpaired) electrons. The second-order valence-corrected chi connectivity index (χ2v) is 7.62. The van der Waals surface area contributed by atoms with Crippen LogP contribution in [0.4, 0.5) is 4.79 Å². The van der Waals surface area contributed by atoms with E-state index in [1.54, 1.807) is 6.20 Å². The molecule has 146 valence electrons. The molecule has 3 aromatic rings. The molecule has 0 spiro atoms. The van der Waals surface area contributed by atoms with Crippen molar-refractivity contribution in [3.05, 3.63) is 75.6 Å². The first-order chi connectivity index (χ1) is 13.5. The van der Waals surface area contributed by atoms with Gasteiger partial charge in [0.1, 0.15) is 0 Å². The topological polar surface area (TPSA) is 71.8 Å². The van der Waals surface area contributed by atoms with Crippen molar-refractivity contribution >= 4 is 22.0 Å². The van der Waals surface area contributed by atoms with E-state index < -0.39 is 0 Å². The third-order valence-corrected chi connectivity index (χ3v) is 4.80. The smallest absolute Gasteiger partial charge is 0.315 e. The van der Waals surface area contributed by atoms with E-state index in [9.17, 15) is 4.79 Å². The highest BCUT2D eigenvalue weighted by molar-refractivity contribution is 9.10. The van der Waals surface area contributed by atoms with Gasteiger partial charge >= 0.3 is 6.03 Å². The quantitative estimate of drug-likeness (QED) is 0.542. The van der Waals surface area contributed by atoms with E-state index in [1.807, 2.05) is 48.9 Å². The lowest BCUT2D eigenvalue weighted by Crippen LogP contribution is -2.35. The molecule has 2 aromatic heterocycles. The summed E-state index contributed by atoms with van der Waals surface area (Å²) in [7, 11) is 0. The number of benzene rings is 1. The van der Waals surface area contributed by atoms with Crippen LogP contribution >= 0.6 is 15.9 Å². The fourth-order valence-electron chi connectivity index (χ4n) is 2.94. The highest BCUT2D eigenvalue weighted by Crippen LogP contribution is 2.13. The van der Waals surface area contributed by atoms with Crippen molar-refractivity contribution in [2.24, 2.45) is 0 Å². The fraction of sp³-hybridized carbons (Fsp3) is 0.286. The summed E-state index contributed by atoms with van der Waals surface area (Å²) in [5.74, 6) is 0.770. The second-order valence-electron chi connectivity index (χ2n) is 6.71. The summed E-state index contributed by atoms with van der Waals surface area (Å²) >= 11 is 3.47. The second kappa shape index (κ2) is 9.50. The Kier molecular flexibility index (Phi) is 6.81. The van der Waals surface area contributed by atoms with Gasteiger partial charge in [0.25, 0.3) is 0 Å². The summed E-state index contributed by atoms with van der Waals surface area (Å²) in [5, 5.41) is 10.2. The van der Waals surface area contributed by atoms with Crippen molar-refractivity contribution in [1.82, 2.24) is 25.4 Å². The van der Waals surface area contributed by atoms with Gasteiger partial charge in [-0.2, -0.15) is 5.10 Å². The number of amides is 2. The zero-order valence-electron chi connectivity index (χ0n) is 16.1. The molecule has 6 nitrogen and oxygen atoms in total. The zero-order valence-corrected chi connectivity index (χ0v) is 17.7. The first-order valence-corrected chi connectivity index (χ1v) is 10.1. The number of pyridine rings is 1. The lowest BCUT2D eigenvalue weighted by molar-refractivity contribution is 0.240. The van der Waals surface area contributed by atoms with E-state index in [1.165, 1.54) is 5.56 Å². The molecule has 0 saturated heterocycles. The normalized spacial score (nSPS) is 10.7. The van der Waals surface area contributed by atoms with Gasteiger partial charge in [0.05, 0.1) is 5.69 Å². The number of urea groups is 1. The molecule has 2 amide bonds. The van der Waals surface area contributed by atoms with Crippen LogP contribution in [0.2, 0.25) is 0 Å². The molecule has 1 aromatic carbocycles. The molecule has 0 fully saturated rings. The van der Waals surface area contributed by atoms with E-state index >= 15 is 0 Å². The summed E-state index contributed by atoms with van der Waals surface area (Å²) < 4.78 is 2.89. The number of nitrogens with one attached hydrogen (secondary N) is 2. The SMILES string of the molecule is Cc1cc(C)n(-c2ccc(CNC(=O)NCCCc3cccc(Br)c3)cn2)n1. The van der Waals surface area contributed by atoms with Crippen LogP contribution in [0.3, 0.4) is 0 Å². The largest absolute Gasteiger partial charge is 0.338 e. The van der Waals surface area contributed by atoms with Crippen LogP contribution in [-0.4, -0.2) is 27.3 Å². The van der Waals surface area contributed by atoms with Gasteiger partial charge in [-0.15, -0.1) is 0 Å². The van der Waals surface area contributed by atoms with Gasteiger partial charge in [-0.05, 0) is 62.1 Å². The summed E-state index contributed by atoms with van der Waals surface area (Å²) in [6.07, 6.45) is 3.58. The molecule has 28 heavy (non-hydrogen) atoms. The molecule has 0 aliphatic heterocycles. The molecule has 3 rings (SSSR count). The van der Waals surface area contributed by atoms with Gasteiger partial charge in [-0.3, -0.25) is 0 Å². The van der Waals surface area contributed by atoms with Crippen molar-refractivity contribution in [2.75, 3.05) is 6.54 Å². The standard InChI is InChI=1S/C21H24BrN5O/c1-15-11-16(2)27(26-15)20-9-8-18(13-24-20)14-25-21(28)23-10-4-6-17-5-3-7-19(22)12-17/h3,5,7-9,11-13H,4,6,10,14H2,1-2H3,(H2,23,25,28). The van der Waals surface area contributed by atoms with E-state index in [0.29, 0.717) is 13.1 Å². The number of halogens is 1. The zero-order chi connectivity index (χ0) is 19.9. The van der Waals surface area contributed by atoms with Gasteiger partial charge in [0.2, 0.25) is 0 Å². The van der Waals surface area contributed by atoms with Crippen LogP contribution in [0.5, 0.6) is 0 Å². The Morgan fingerprint density at radius 1 is 1.11 bits per heavy atom. The third kappa shape index (κ3) is 5.66. The van der Waals surface area contributed by atoms with Crippen molar-refractivity contribution in [3.63, 3.8) is 0 Å². The number of nitrogens with zero attached hydrogens (tertiary/aromatic N) is 3. The van der Waals surface area contributed by atoms with Crippen molar-refractivity contribution in [3.8, 4) is 5.82 Å². The van der Waals surface area contributed by atoms with Crippen molar-refractivity contribution < 1.29 is 4.79 Å². The van der Waals surface area contributed by atoms with Crippen LogP contribution < -0.4 is 10.6 Å². The molecular weight excluding hydrogens is 418 g/mol. The average molecular weight is 442 g/mol. The summed E-state index contributed by atoms with van der Waals surface area (Å²) in [6, 6.07) is 13.9. The Balaban J connectivity index is 1.40. The number of hydrogen-bond donors (Lipinski definition) is 2. The maximum Gasteiger partial charge on any atom is 0.315 e. The number of carbonyl (C=O) groups is 1. The number of hydrogen-bond acceptors (Lipinski definition) is 3. The minimum absolute atomic E-state index is 0.170. The molecule has 0 bridgehead atoms. The van der Waals surface area contributed by atoms with Gasteiger partial charge in [0.15, 0.2) is 5.82 Å². The number of carbonyl (C=O) groups excluding carboxylic acids is 1. The Morgan fingerprint density at radius 3 is 2.64 bits per heavy atom. The minimum atomic E-state index is -0.170. The monoisotopic (exact) mass is 441 g/mol. The highest BCUT2D eigenvalue weighted by atomic mass is 79.9. The molecule has 0 aliphatic carbocycles. The Bertz CT molecular complexity index is 936. The van der Waals surface area contributed by atoms with E-state index in [0.717, 1.165) is 40.1 Å². The predicted molar refractivity (Wildman–Crippen MR) is 114 cm³/mol. The molecular formula is C21H24BrN5O. The first-order valence-electron chi connectivity index (χ1n) is 9.26. The lowest BCUT2D eigenvalue weighted by Gasteiger charge is -2.09. The van der Waals surface area contributed by atoms with Crippen molar-refractivity contribution in [2.45, 2.75) is 33.2 Å². The average Bonchev–Trinajstić information content (AvgIpc) is 3.02. The van der Waals surface area contributed by atoms with Crippen LogP contribution in [0.25, 0.3) is 5.82 Å². The number of aryl methyl sites for hydroxylation is 3. The Hall–Kier alpha value is -2.67. The first kappa shape index (κ1) is 20.1. The molecule has 0 aliphatic rings. The molecule has 2 N–H and O–H groups in total. The van der Waals surface area contributed by atoms with E-state index in [-0.39, 0.29) is 6.03 Å². The van der Waals surface area contributed by atoms with E-state index in [2.05, 4.69) is 48.8 Å². The summed E-state index contributed by atoms with van der Waals surface area (Å²) in [5.41, 5.74) is 4.19. The highest BCUT2D eigenvalue weighted by Gasteiger charge is 2.06. The number of aromatic nitrogens is 3. The van der Waals surface area contributed by atoms with Gasteiger partial charge in [-0.1, -0.05) is 34.1 Å². The van der Waals surface area contributed by atoms with Crippen LogP contribution in [0.1, 0.15) is 28.9 Å². The summed E-state index contributed by atoms with van der Waals surface area (Å²) in [4.78, 5) is 16.4. The van der Waals surface area contributed by atoms with E-state index in [4.69, 9.17) is 0 Å². The van der Waals surface area contributed by atoms with Crippen LogP contribution in [0.15, 0.2) is 53.1 Å². The molecule has 0 unspecified atom stereocenters. The van der Waals surface area contributed by atoms with Crippen LogP contribution in [0, 0.1) is 13.8 Å². The number of rotatable bonds is 7. The predicted octanol–water partition coefficient (Wildman–Crippen LogP) is 4.08. The van der Waals surface area contributed by atoms with Crippen LogP contribution in [-0.2, 0) is 13.0 Å². The van der Waals surface area contributed by atoms with Crippen molar-refractivity contribution in [1.29, 1.82) is 0 Å². The van der Waals surface area contributed by atoms with Gasteiger partial charge in [-0.25, -0.2) is 14.5 Å². The van der Waals surface area contributed by atoms with Gasteiger partial charge in [0, 0.05) is 29.5 Å². The molecule has 7 heteroatoms.